The average molecular weight is 287 g/mol. The van der Waals surface area contributed by atoms with Gasteiger partial charge in [0.25, 0.3) is 5.69 Å². The van der Waals surface area contributed by atoms with Gasteiger partial charge in [-0.25, -0.2) is 0 Å². The van der Waals surface area contributed by atoms with Crippen molar-refractivity contribution in [2.45, 2.75) is 26.4 Å². The molecule has 106 valence electrons. The van der Waals surface area contributed by atoms with E-state index in [-0.39, 0.29) is 11.7 Å². The Bertz CT molecular complexity index is 438. The highest BCUT2D eigenvalue weighted by Crippen LogP contribution is 2.22. The zero-order valence-corrected chi connectivity index (χ0v) is 12.1. The maximum absolute atomic E-state index is 10.6. The van der Waals surface area contributed by atoms with Crippen LogP contribution in [0.1, 0.15) is 19.4 Å². The Kier molecular flexibility index (Phi) is 6.21. The second-order valence-electron chi connectivity index (χ2n) is 4.72. The van der Waals surface area contributed by atoms with E-state index < -0.39 is 4.92 Å². The van der Waals surface area contributed by atoms with Crippen LogP contribution in [0.3, 0.4) is 0 Å². The first-order chi connectivity index (χ1) is 8.95. The molecule has 0 saturated heterocycles. The second-order valence-corrected chi connectivity index (χ2v) is 5.13. The van der Waals surface area contributed by atoms with Crippen molar-refractivity contribution in [2.75, 3.05) is 13.7 Å². The molecule has 0 amide bonds. The Labute approximate surface area is 118 Å². The monoisotopic (exact) mass is 286 g/mol. The lowest BCUT2D eigenvalue weighted by atomic mass is 10.0. The van der Waals surface area contributed by atoms with Crippen LogP contribution < -0.4 is 5.32 Å². The molecule has 19 heavy (non-hydrogen) atoms. The molecule has 0 heterocycles. The van der Waals surface area contributed by atoms with Crippen LogP contribution in [0.4, 0.5) is 5.69 Å². The highest BCUT2D eigenvalue weighted by Gasteiger charge is 2.14. The lowest BCUT2D eigenvalue weighted by Gasteiger charge is -2.21. The number of non-ortho nitro benzene ring substituents is 1. The van der Waals surface area contributed by atoms with E-state index in [0.29, 0.717) is 24.1 Å². The van der Waals surface area contributed by atoms with E-state index in [1.807, 2.05) is 0 Å². The number of nitrogens with zero attached hydrogens (tertiary/aromatic N) is 1. The lowest BCUT2D eigenvalue weighted by molar-refractivity contribution is -0.384. The SMILES string of the molecule is COCC(NCc1ccc([N+](=O)[O-])cc1Cl)C(C)C. The average Bonchev–Trinajstić information content (AvgIpc) is 2.35. The third-order valence-electron chi connectivity index (χ3n) is 2.95. The number of hydrogen-bond donors (Lipinski definition) is 1. The van der Waals surface area contributed by atoms with Crippen LogP contribution >= 0.6 is 11.6 Å². The van der Waals surface area contributed by atoms with Gasteiger partial charge >= 0.3 is 0 Å². The summed E-state index contributed by atoms with van der Waals surface area (Å²) in [5.41, 5.74) is 0.847. The van der Waals surface area contributed by atoms with Crippen molar-refractivity contribution in [3.63, 3.8) is 0 Å². The Morgan fingerprint density at radius 1 is 1.47 bits per heavy atom. The van der Waals surface area contributed by atoms with Gasteiger partial charge in [-0.1, -0.05) is 25.4 Å². The molecule has 1 aromatic rings. The molecule has 1 unspecified atom stereocenters. The lowest BCUT2D eigenvalue weighted by Crippen LogP contribution is -2.37. The summed E-state index contributed by atoms with van der Waals surface area (Å²) < 4.78 is 5.15. The van der Waals surface area contributed by atoms with Gasteiger partial charge in [0.2, 0.25) is 0 Å². The zero-order valence-electron chi connectivity index (χ0n) is 11.4. The number of ether oxygens (including phenoxy) is 1. The van der Waals surface area contributed by atoms with Crippen LogP contribution in [0.25, 0.3) is 0 Å². The summed E-state index contributed by atoms with van der Waals surface area (Å²) in [7, 11) is 1.66. The third kappa shape index (κ3) is 4.78. The van der Waals surface area contributed by atoms with E-state index in [9.17, 15) is 10.1 Å². The van der Waals surface area contributed by atoms with Crippen LogP contribution in [0.5, 0.6) is 0 Å². The number of rotatable bonds is 7. The Morgan fingerprint density at radius 2 is 2.16 bits per heavy atom. The van der Waals surface area contributed by atoms with Gasteiger partial charge < -0.3 is 10.1 Å². The summed E-state index contributed by atoms with van der Waals surface area (Å²) in [6.45, 7) is 5.38. The van der Waals surface area contributed by atoms with Crippen LogP contribution in [-0.2, 0) is 11.3 Å². The molecule has 0 aliphatic rings. The molecule has 0 bridgehead atoms. The molecule has 0 aliphatic heterocycles. The van der Waals surface area contributed by atoms with E-state index in [0.717, 1.165) is 5.56 Å². The zero-order chi connectivity index (χ0) is 14.4. The maximum Gasteiger partial charge on any atom is 0.270 e. The second kappa shape index (κ2) is 7.43. The summed E-state index contributed by atoms with van der Waals surface area (Å²) in [6.07, 6.45) is 0. The van der Waals surface area contributed by atoms with Crippen molar-refractivity contribution in [3.8, 4) is 0 Å². The van der Waals surface area contributed by atoms with E-state index in [2.05, 4.69) is 19.2 Å². The molecular weight excluding hydrogens is 268 g/mol. The number of nitro benzene ring substituents is 1. The summed E-state index contributed by atoms with van der Waals surface area (Å²) in [4.78, 5) is 10.2. The van der Waals surface area contributed by atoms with Gasteiger partial charge in [-0.3, -0.25) is 10.1 Å². The number of nitro groups is 1. The van der Waals surface area contributed by atoms with Gasteiger partial charge in [-0.05, 0) is 17.5 Å². The molecule has 0 fully saturated rings. The topological polar surface area (TPSA) is 64.4 Å². The van der Waals surface area contributed by atoms with Crippen molar-refractivity contribution < 1.29 is 9.66 Å². The maximum atomic E-state index is 10.6. The molecule has 5 nitrogen and oxygen atoms in total. The molecular formula is C13H19ClN2O3. The molecule has 6 heteroatoms. The van der Waals surface area contributed by atoms with E-state index in [1.54, 1.807) is 13.2 Å². The molecule has 1 atom stereocenters. The molecule has 0 aliphatic carbocycles. The van der Waals surface area contributed by atoms with Crippen LogP contribution in [0.15, 0.2) is 18.2 Å². The van der Waals surface area contributed by atoms with Crippen molar-refractivity contribution in [3.05, 3.63) is 38.9 Å². The van der Waals surface area contributed by atoms with Crippen molar-refractivity contribution in [1.82, 2.24) is 5.32 Å². The van der Waals surface area contributed by atoms with Gasteiger partial charge in [0.05, 0.1) is 16.6 Å². The van der Waals surface area contributed by atoms with E-state index in [1.165, 1.54) is 12.1 Å². The molecule has 0 aromatic heterocycles. The van der Waals surface area contributed by atoms with Gasteiger partial charge in [-0.15, -0.1) is 0 Å². The highest BCUT2D eigenvalue weighted by atomic mass is 35.5. The molecule has 0 radical (unpaired) electrons. The number of methoxy groups -OCH3 is 1. The van der Waals surface area contributed by atoms with Crippen molar-refractivity contribution >= 4 is 17.3 Å². The van der Waals surface area contributed by atoms with Gasteiger partial charge in [0.15, 0.2) is 0 Å². The first-order valence-corrected chi connectivity index (χ1v) is 6.48. The van der Waals surface area contributed by atoms with Crippen molar-refractivity contribution in [1.29, 1.82) is 0 Å². The normalized spacial score (nSPS) is 12.7. The predicted octanol–water partition coefficient (Wildman–Crippen LogP) is 3.01. The fourth-order valence-electron chi connectivity index (χ4n) is 1.70. The van der Waals surface area contributed by atoms with Crippen LogP contribution in [0.2, 0.25) is 5.02 Å². The summed E-state index contributed by atoms with van der Waals surface area (Å²) in [6, 6.07) is 4.73. The van der Waals surface area contributed by atoms with Crippen LogP contribution in [0, 0.1) is 16.0 Å². The first kappa shape index (κ1) is 15.9. The van der Waals surface area contributed by atoms with Gasteiger partial charge in [-0.2, -0.15) is 0 Å². The minimum atomic E-state index is -0.453. The van der Waals surface area contributed by atoms with E-state index in [4.69, 9.17) is 16.3 Å². The Hall–Kier alpha value is -1.17. The van der Waals surface area contributed by atoms with Crippen molar-refractivity contribution in [2.24, 2.45) is 5.92 Å². The molecule has 0 saturated carbocycles. The fraction of sp³-hybridized carbons (Fsp3) is 0.538. The third-order valence-corrected chi connectivity index (χ3v) is 3.30. The van der Waals surface area contributed by atoms with Gasteiger partial charge in [0, 0.05) is 31.8 Å². The first-order valence-electron chi connectivity index (χ1n) is 6.10. The van der Waals surface area contributed by atoms with Gasteiger partial charge in [0.1, 0.15) is 0 Å². The number of benzene rings is 1. The number of hydrogen-bond acceptors (Lipinski definition) is 4. The summed E-state index contributed by atoms with van der Waals surface area (Å²) in [5.74, 6) is 0.428. The minimum Gasteiger partial charge on any atom is -0.383 e. The molecule has 1 N–H and O–H groups in total. The summed E-state index contributed by atoms with van der Waals surface area (Å²) in [5, 5.41) is 14.4. The highest BCUT2D eigenvalue weighted by molar-refractivity contribution is 6.31. The quantitative estimate of drug-likeness (QED) is 0.618. The Balaban J connectivity index is 2.69. The smallest absolute Gasteiger partial charge is 0.270 e. The van der Waals surface area contributed by atoms with E-state index >= 15 is 0 Å². The predicted molar refractivity (Wildman–Crippen MR) is 75.4 cm³/mol. The Morgan fingerprint density at radius 3 is 2.63 bits per heavy atom. The standard InChI is InChI=1S/C13H19ClN2O3/c1-9(2)13(8-19-3)15-7-10-4-5-11(16(17)18)6-12(10)14/h4-6,9,13,15H,7-8H2,1-3H3. The summed E-state index contributed by atoms with van der Waals surface area (Å²) >= 11 is 6.04. The number of halogens is 1. The largest absolute Gasteiger partial charge is 0.383 e. The molecule has 1 rings (SSSR count). The molecule has 0 spiro atoms. The fourth-order valence-corrected chi connectivity index (χ4v) is 1.94. The minimum absolute atomic E-state index is 0.00560. The van der Waals surface area contributed by atoms with Crippen LogP contribution in [-0.4, -0.2) is 24.7 Å². The molecule has 1 aromatic carbocycles. The number of nitrogens with one attached hydrogen (secondary N) is 1.